The predicted octanol–water partition coefficient (Wildman–Crippen LogP) is 2.68. The Kier molecular flexibility index (Phi) is 5.98. The van der Waals surface area contributed by atoms with Crippen molar-refractivity contribution in [3.8, 4) is 0 Å². The molecule has 22 heavy (non-hydrogen) atoms. The maximum absolute atomic E-state index is 11.9. The molecule has 0 bridgehead atoms. The molecule has 1 amide bonds. The molecule has 6 nitrogen and oxygen atoms in total. The number of nitrogens with one attached hydrogen (secondary N) is 1. The van der Waals surface area contributed by atoms with E-state index < -0.39 is 5.97 Å². The molecule has 1 heterocycles. The first-order valence-corrected chi connectivity index (χ1v) is 7.97. The summed E-state index contributed by atoms with van der Waals surface area (Å²) in [6.07, 6.45) is 8.04. The van der Waals surface area contributed by atoms with E-state index in [-0.39, 0.29) is 18.6 Å². The lowest BCUT2D eigenvalue weighted by atomic mass is 9.97. The van der Waals surface area contributed by atoms with E-state index >= 15 is 0 Å². The Morgan fingerprint density at radius 2 is 1.82 bits per heavy atom. The van der Waals surface area contributed by atoms with Crippen LogP contribution in [-0.4, -0.2) is 29.7 Å². The Morgan fingerprint density at radius 3 is 2.41 bits per heavy atom. The Hall–Kier alpha value is -1.85. The molecule has 1 aliphatic carbocycles. The van der Waals surface area contributed by atoms with Crippen LogP contribution in [0.1, 0.15) is 66.8 Å². The topological polar surface area (TPSA) is 81.4 Å². The Balaban J connectivity index is 1.78. The van der Waals surface area contributed by atoms with Crippen LogP contribution in [0.15, 0.2) is 4.52 Å². The SMILES string of the molecule is Cc1noc(C)c1C(=O)OCC(=O)NC1CCCCCCC1. The monoisotopic (exact) mass is 308 g/mol. The highest BCUT2D eigenvalue weighted by Gasteiger charge is 2.20. The normalized spacial score (nSPS) is 16.6. The molecule has 1 aliphatic rings. The summed E-state index contributed by atoms with van der Waals surface area (Å²) in [4.78, 5) is 23.9. The van der Waals surface area contributed by atoms with Crippen LogP contribution in [-0.2, 0) is 9.53 Å². The minimum atomic E-state index is -0.566. The largest absolute Gasteiger partial charge is 0.452 e. The van der Waals surface area contributed by atoms with Gasteiger partial charge in [0.2, 0.25) is 0 Å². The molecule has 1 aromatic rings. The lowest BCUT2D eigenvalue weighted by Crippen LogP contribution is -2.38. The molecule has 0 aromatic carbocycles. The minimum absolute atomic E-state index is 0.200. The molecular weight excluding hydrogens is 284 g/mol. The van der Waals surface area contributed by atoms with Crippen LogP contribution in [0.5, 0.6) is 0 Å². The number of amides is 1. The zero-order valence-corrected chi connectivity index (χ0v) is 13.3. The molecule has 0 spiro atoms. The highest BCUT2D eigenvalue weighted by molar-refractivity contribution is 5.93. The summed E-state index contributed by atoms with van der Waals surface area (Å²) in [6, 6.07) is 0.200. The van der Waals surface area contributed by atoms with Gasteiger partial charge in [0, 0.05) is 6.04 Å². The number of aromatic nitrogens is 1. The fraction of sp³-hybridized carbons (Fsp3) is 0.688. The third-order valence-electron chi connectivity index (χ3n) is 4.04. The molecule has 122 valence electrons. The molecule has 0 atom stereocenters. The van der Waals surface area contributed by atoms with E-state index in [4.69, 9.17) is 9.26 Å². The van der Waals surface area contributed by atoms with Crippen LogP contribution >= 0.6 is 0 Å². The average Bonchev–Trinajstić information content (AvgIpc) is 2.78. The summed E-state index contributed by atoms with van der Waals surface area (Å²) in [5.74, 6) is -0.405. The van der Waals surface area contributed by atoms with Gasteiger partial charge in [0.05, 0.1) is 5.69 Å². The number of hydrogen-bond acceptors (Lipinski definition) is 5. The first-order valence-electron chi connectivity index (χ1n) is 7.97. The second-order valence-electron chi connectivity index (χ2n) is 5.88. The van der Waals surface area contributed by atoms with Gasteiger partial charge in [-0.15, -0.1) is 0 Å². The van der Waals surface area contributed by atoms with Crippen molar-refractivity contribution in [1.29, 1.82) is 0 Å². The number of esters is 1. The van der Waals surface area contributed by atoms with E-state index in [1.807, 2.05) is 0 Å². The van der Waals surface area contributed by atoms with Gasteiger partial charge in [-0.05, 0) is 26.7 Å². The summed E-state index contributed by atoms with van der Waals surface area (Å²) < 4.78 is 9.98. The standard InChI is InChI=1S/C16H24N2O4/c1-11-15(12(2)22-18-11)16(20)21-10-14(19)17-13-8-6-4-3-5-7-9-13/h13H,3-10H2,1-2H3,(H,17,19). The van der Waals surface area contributed by atoms with E-state index in [9.17, 15) is 9.59 Å². The van der Waals surface area contributed by atoms with Crippen molar-refractivity contribution >= 4 is 11.9 Å². The smallest absolute Gasteiger partial charge is 0.344 e. The quantitative estimate of drug-likeness (QED) is 0.865. The summed E-state index contributed by atoms with van der Waals surface area (Å²) >= 11 is 0. The van der Waals surface area contributed by atoms with Crippen molar-refractivity contribution < 1.29 is 18.8 Å². The number of hydrogen-bond donors (Lipinski definition) is 1. The predicted molar refractivity (Wildman–Crippen MR) is 80.5 cm³/mol. The molecule has 1 fully saturated rings. The van der Waals surface area contributed by atoms with Crippen LogP contribution < -0.4 is 5.32 Å². The van der Waals surface area contributed by atoms with Crippen LogP contribution in [0.3, 0.4) is 0 Å². The van der Waals surface area contributed by atoms with E-state index in [0.717, 1.165) is 25.7 Å². The molecule has 0 unspecified atom stereocenters. The van der Waals surface area contributed by atoms with Gasteiger partial charge < -0.3 is 14.6 Å². The van der Waals surface area contributed by atoms with Crippen molar-refractivity contribution in [3.05, 3.63) is 17.0 Å². The summed E-state index contributed by atoms with van der Waals surface area (Å²) in [7, 11) is 0. The lowest BCUT2D eigenvalue weighted by molar-refractivity contribution is -0.125. The summed E-state index contributed by atoms with van der Waals surface area (Å²) in [5.41, 5.74) is 0.779. The number of carbonyl (C=O) groups excluding carboxylic acids is 2. The van der Waals surface area contributed by atoms with Crippen molar-refractivity contribution in [2.24, 2.45) is 0 Å². The van der Waals surface area contributed by atoms with Gasteiger partial charge in [-0.3, -0.25) is 4.79 Å². The van der Waals surface area contributed by atoms with Crippen LogP contribution in [0.2, 0.25) is 0 Å². The second-order valence-corrected chi connectivity index (χ2v) is 5.88. The van der Waals surface area contributed by atoms with Crippen molar-refractivity contribution in [1.82, 2.24) is 10.5 Å². The lowest BCUT2D eigenvalue weighted by Gasteiger charge is -2.20. The van der Waals surface area contributed by atoms with Crippen molar-refractivity contribution in [2.45, 2.75) is 64.8 Å². The molecule has 1 saturated carbocycles. The fourth-order valence-corrected chi connectivity index (χ4v) is 2.85. The summed E-state index contributed by atoms with van der Waals surface area (Å²) in [6.45, 7) is 3.05. The first kappa shape index (κ1) is 16.5. The van der Waals surface area contributed by atoms with Gasteiger partial charge in [-0.2, -0.15) is 0 Å². The minimum Gasteiger partial charge on any atom is -0.452 e. The Bertz CT molecular complexity index is 497. The van der Waals surface area contributed by atoms with Gasteiger partial charge in [0.15, 0.2) is 6.61 Å². The van der Waals surface area contributed by atoms with E-state index in [1.54, 1.807) is 13.8 Å². The Labute approximate surface area is 130 Å². The molecule has 1 N–H and O–H groups in total. The van der Waals surface area contributed by atoms with E-state index in [2.05, 4.69) is 10.5 Å². The molecule has 0 saturated heterocycles. The maximum atomic E-state index is 11.9. The van der Waals surface area contributed by atoms with E-state index in [1.165, 1.54) is 19.3 Å². The third-order valence-corrected chi connectivity index (χ3v) is 4.04. The zero-order valence-electron chi connectivity index (χ0n) is 13.3. The molecular formula is C16H24N2O4. The van der Waals surface area contributed by atoms with Gasteiger partial charge >= 0.3 is 5.97 Å². The van der Waals surface area contributed by atoms with Crippen LogP contribution in [0, 0.1) is 13.8 Å². The number of aryl methyl sites for hydroxylation is 2. The van der Waals surface area contributed by atoms with Crippen LogP contribution in [0.25, 0.3) is 0 Å². The maximum Gasteiger partial charge on any atom is 0.344 e. The molecule has 0 aliphatic heterocycles. The fourth-order valence-electron chi connectivity index (χ4n) is 2.85. The van der Waals surface area contributed by atoms with Crippen molar-refractivity contribution in [2.75, 3.05) is 6.61 Å². The molecule has 0 radical (unpaired) electrons. The average molecular weight is 308 g/mol. The second kappa shape index (κ2) is 7.96. The highest BCUT2D eigenvalue weighted by atomic mass is 16.5. The van der Waals surface area contributed by atoms with Crippen LogP contribution in [0.4, 0.5) is 0 Å². The van der Waals surface area contributed by atoms with E-state index in [0.29, 0.717) is 17.0 Å². The van der Waals surface area contributed by atoms with Gasteiger partial charge in [-0.25, -0.2) is 4.79 Å². The van der Waals surface area contributed by atoms with Gasteiger partial charge in [-0.1, -0.05) is 37.3 Å². The van der Waals surface area contributed by atoms with Crippen molar-refractivity contribution in [3.63, 3.8) is 0 Å². The highest BCUT2D eigenvalue weighted by Crippen LogP contribution is 2.17. The molecule has 1 aromatic heterocycles. The number of rotatable bonds is 4. The zero-order chi connectivity index (χ0) is 15.9. The molecule has 6 heteroatoms. The van der Waals surface area contributed by atoms with Gasteiger partial charge in [0.25, 0.3) is 5.91 Å². The number of carbonyl (C=O) groups is 2. The number of nitrogens with zero attached hydrogens (tertiary/aromatic N) is 1. The summed E-state index contributed by atoms with van der Waals surface area (Å²) in [5, 5.41) is 6.66. The number of ether oxygens (including phenoxy) is 1. The first-order chi connectivity index (χ1) is 10.6. The van der Waals surface area contributed by atoms with Gasteiger partial charge in [0.1, 0.15) is 11.3 Å². The molecule has 2 rings (SSSR count). The third kappa shape index (κ3) is 4.58. The Morgan fingerprint density at radius 1 is 1.18 bits per heavy atom.